The molecule has 1 atom stereocenters. The Morgan fingerprint density at radius 3 is 2.40 bits per heavy atom. The molecule has 0 aliphatic rings. The zero-order valence-electron chi connectivity index (χ0n) is 9.14. The van der Waals surface area contributed by atoms with E-state index in [0.717, 1.165) is 0 Å². The van der Waals surface area contributed by atoms with Crippen LogP contribution in [0.3, 0.4) is 0 Å². The predicted octanol–water partition coefficient (Wildman–Crippen LogP) is 3.20. The lowest BCUT2D eigenvalue weighted by Gasteiger charge is -2.20. The lowest BCUT2D eigenvalue weighted by molar-refractivity contribution is 0.554. The highest BCUT2D eigenvalue weighted by Gasteiger charge is 2.18. The van der Waals surface area contributed by atoms with Crippen molar-refractivity contribution in [1.82, 2.24) is 9.97 Å². The summed E-state index contributed by atoms with van der Waals surface area (Å²) in [5.74, 6) is 1.01. The molecule has 0 saturated heterocycles. The molecule has 0 amide bonds. The number of aromatic nitrogens is 2. The summed E-state index contributed by atoms with van der Waals surface area (Å²) in [6.45, 7) is 4.48. The average molecular weight is 200 g/mol. The van der Waals surface area contributed by atoms with Gasteiger partial charge in [-0.05, 0) is 35.7 Å². The molecule has 0 saturated carbocycles. The third kappa shape index (κ3) is 2.09. The smallest absolute Gasteiger partial charge is 0.0270 e. The van der Waals surface area contributed by atoms with Crippen LogP contribution in [-0.4, -0.2) is 9.97 Å². The highest BCUT2D eigenvalue weighted by Crippen LogP contribution is 2.29. The predicted molar refractivity (Wildman–Crippen MR) is 61.7 cm³/mol. The maximum absolute atomic E-state index is 4.06. The summed E-state index contributed by atoms with van der Waals surface area (Å²) in [7, 11) is 0. The van der Waals surface area contributed by atoms with Gasteiger partial charge in [-0.25, -0.2) is 0 Å². The number of aromatic amines is 1. The third-order valence-electron chi connectivity index (χ3n) is 2.69. The van der Waals surface area contributed by atoms with Crippen LogP contribution in [0.15, 0.2) is 42.9 Å². The highest BCUT2D eigenvalue weighted by molar-refractivity contribution is 5.27. The second-order valence-corrected chi connectivity index (χ2v) is 4.13. The second-order valence-electron chi connectivity index (χ2n) is 4.13. The largest absolute Gasteiger partial charge is 0.364 e. The van der Waals surface area contributed by atoms with Crippen LogP contribution in [0.25, 0.3) is 0 Å². The number of hydrogen-bond donors (Lipinski definition) is 1. The Labute approximate surface area is 90.4 Å². The molecule has 0 radical (unpaired) electrons. The van der Waals surface area contributed by atoms with Gasteiger partial charge in [-0.15, -0.1) is 0 Å². The summed E-state index contributed by atoms with van der Waals surface area (Å²) < 4.78 is 0. The van der Waals surface area contributed by atoms with E-state index in [2.05, 4.69) is 42.0 Å². The maximum atomic E-state index is 4.06. The van der Waals surface area contributed by atoms with Crippen LogP contribution in [0, 0.1) is 5.92 Å². The summed E-state index contributed by atoms with van der Waals surface area (Å²) in [6, 6.07) is 8.37. The number of rotatable bonds is 3. The lowest BCUT2D eigenvalue weighted by atomic mass is 9.86. The second kappa shape index (κ2) is 4.30. The number of nitrogens with zero attached hydrogens (tertiary/aromatic N) is 1. The first kappa shape index (κ1) is 9.97. The molecule has 78 valence electrons. The molecule has 1 N–H and O–H groups in total. The fourth-order valence-corrected chi connectivity index (χ4v) is 2.03. The van der Waals surface area contributed by atoms with Crippen LogP contribution in [-0.2, 0) is 0 Å². The zero-order valence-corrected chi connectivity index (χ0v) is 9.14. The first-order valence-corrected chi connectivity index (χ1v) is 5.32. The standard InChI is InChI=1S/C13H16N2/c1-10(2)13(12-4-3-7-15-12)11-5-8-14-9-6-11/h3-10,13,15H,1-2H3. The van der Waals surface area contributed by atoms with Gasteiger partial charge in [0.1, 0.15) is 0 Å². The summed E-state index contributed by atoms with van der Waals surface area (Å²) in [6.07, 6.45) is 5.69. The molecule has 15 heavy (non-hydrogen) atoms. The van der Waals surface area contributed by atoms with Crippen LogP contribution in [0.4, 0.5) is 0 Å². The molecule has 2 aromatic rings. The van der Waals surface area contributed by atoms with Crippen LogP contribution in [0.1, 0.15) is 31.0 Å². The molecule has 0 aliphatic carbocycles. The Morgan fingerprint density at radius 2 is 1.87 bits per heavy atom. The van der Waals surface area contributed by atoms with Gasteiger partial charge in [-0.1, -0.05) is 13.8 Å². The Morgan fingerprint density at radius 1 is 1.13 bits per heavy atom. The summed E-state index contributed by atoms with van der Waals surface area (Å²) >= 11 is 0. The van der Waals surface area contributed by atoms with Crippen molar-refractivity contribution in [3.8, 4) is 0 Å². The first-order valence-electron chi connectivity index (χ1n) is 5.32. The molecule has 0 bridgehead atoms. The van der Waals surface area contributed by atoms with E-state index in [9.17, 15) is 0 Å². The summed E-state index contributed by atoms with van der Waals surface area (Å²) in [4.78, 5) is 7.35. The van der Waals surface area contributed by atoms with Crippen molar-refractivity contribution >= 4 is 0 Å². The highest BCUT2D eigenvalue weighted by atomic mass is 14.7. The Kier molecular flexibility index (Phi) is 2.86. The molecule has 1 unspecified atom stereocenters. The number of pyridine rings is 1. The van der Waals surface area contributed by atoms with Crippen LogP contribution in [0.2, 0.25) is 0 Å². The van der Waals surface area contributed by atoms with Crippen molar-refractivity contribution in [3.63, 3.8) is 0 Å². The van der Waals surface area contributed by atoms with Gasteiger partial charge in [0.05, 0.1) is 0 Å². The van der Waals surface area contributed by atoms with E-state index in [1.807, 2.05) is 24.7 Å². The average Bonchev–Trinajstić information content (AvgIpc) is 2.72. The number of nitrogens with one attached hydrogen (secondary N) is 1. The van der Waals surface area contributed by atoms with Crippen molar-refractivity contribution < 1.29 is 0 Å². The van der Waals surface area contributed by atoms with Gasteiger partial charge in [0.25, 0.3) is 0 Å². The van der Waals surface area contributed by atoms with Crippen LogP contribution < -0.4 is 0 Å². The van der Waals surface area contributed by atoms with E-state index in [1.54, 1.807) is 0 Å². The number of hydrogen-bond acceptors (Lipinski definition) is 1. The van der Waals surface area contributed by atoms with Crippen molar-refractivity contribution in [1.29, 1.82) is 0 Å². The lowest BCUT2D eigenvalue weighted by Crippen LogP contribution is -2.08. The first-order chi connectivity index (χ1) is 7.29. The minimum atomic E-state index is 0.433. The van der Waals surface area contributed by atoms with Gasteiger partial charge >= 0.3 is 0 Å². The molecular formula is C13H16N2. The van der Waals surface area contributed by atoms with Crippen molar-refractivity contribution in [2.75, 3.05) is 0 Å². The van der Waals surface area contributed by atoms with Gasteiger partial charge in [0.15, 0.2) is 0 Å². The zero-order chi connectivity index (χ0) is 10.7. The molecule has 2 heteroatoms. The van der Waals surface area contributed by atoms with Crippen molar-refractivity contribution in [2.24, 2.45) is 5.92 Å². The SMILES string of the molecule is CC(C)C(c1ccncc1)c1ccc[nH]1. The minimum absolute atomic E-state index is 0.433. The monoisotopic (exact) mass is 200 g/mol. The minimum Gasteiger partial charge on any atom is -0.364 e. The molecule has 0 aromatic carbocycles. The normalized spacial score (nSPS) is 13.0. The van der Waals surface area contributed by atoms with Crippen molar-refractivity contribution in [3.05, 3.63) is 54.1 Å². The molecule has 2 rings (SSSR count). The molecular weight excluding hydrogens is 184 g/mol. The molecule has 2 nitrogen and oxygen atoms in total. The molecule has 2 heterocycles. The van der Waals surface area contributed by atoms with Gasteiger partial charge < -0.3 is 4.98 Å². The van der Waals surface area contributed by atoms with Crippen molar-refractivity contribution in [2.45, 2.75) is 19.8 Å². The fourth-order valence-electron chi connectivity index (χ4n) is 2.03. The van der Waals surface area contributed by atoms with Crippen LogP contribution >= 0.6 is 0 Å². The number of H-pyrrole nitrogens is 1. The Bertz CT molecular complexity index is 390. The quantitative estimate of drug-likeness (QED) is 0.809. The van der Waals surface area contributed by atoms with Crippen LogP contribution in [0.5, 0.6) is 0 Å². The van der Waals surface area contributed by atoms with E-state index in [4.69, 9.17) is 0 Å². The van der Waals surface area contributed by atoms with Gasteiger partial charge in [0.2, 0.25) is 0 Å². The fraction of sp³-hybridized carbons (Fsp3) is 0.308. The van der Waals surface area contributed by atoms with Gasteiger partial charge in [-0.3, -0.25) is 4.98 Å². The Hall–Kier alpha value is -1.57. The molecule has 0 spiro atoms. The summed E-state index contributed by atoms with van der Waals surface area (Å²) in [5.41, 5.74) is 2.60. The van der Waals surface area contributed by atoms with E-state index in [0.29, 0.717) is 11.8 Å². The van der Waals surface area contributed by atoms with E-state index < -0.39 is 0 Å². The van der Waals surface area contributed by atoms with E-state index in [1.165, 1.54) is 11.3 Å². The van der Waals surface area contributed by atoms with Gasteiger partial charge in [0, 0.05) is 30.2 Å². The van der Waals surface area contributed by atoms with E-state index in [-0.39, 0.29) is 0 Å². The van der Waals surface area contributed by atoms with Gasteiger partial charge in [-0.2, -0.15) is 0 Å². The third-order valence-corrected chi connectivity index (χ3v) is 2.69. The van der Waals surface area contributed by atoms with E-state index >= 15 is 0 Å². The topological polar surface area (TPSA) is 28.7 Å². The molecule has 0 aliphatic heterocycles. The molecule has 2 aromatic heterocycles. The summed E-state index contributed by atoms with van der Waals surface area (Å²) in [5, 5.41) is 0. The molecule has 0 fully saturated rings. The Balaban J connectivity index is 2.37. The maximum Gasteiger partial charge on any atom is 0.0270 e.